The number of rotatable bonds is 5. The molecule has 0 saturated carbocycles. The summed E-state index contributed by atoms with van der Waals surface area (Å²) < 4.78 is 10.8. The number of amides is 1. The number of methoxy groups -OCH3 is 1. The van der Waals surface area contributed by atoms with Crippen LogP contribution in [0.3, 0.4) is 0 Å². The van der Waals surface area contributed by atoms with E-state index < -0.39 is 0 Å². The topological polar surface area (TPSA) is 76.2 Å². The SMILES string of the molecule is COc1ccc(NC(=O)C2CCOC2)cc1-c1cc(-c2ccccc2)n[nH]1. The zero-order valence-electron chi connectivity index (χ0n) is 15.1. The molecule has 6 heteroatoms. The lowest BCUT2D eigenvalue weighted by atomic mass is 10.1. The van der Waals surface area contributed by atoms with Gasteiger partial charge in [0.2, 0.25) is 5.91 Å². The number of hydrogen-bond donors (Lipinski definition) is 2. The van der Waals surface area contributed by atoms with E-state index in [0.717, 1.165) is 34.6 Å². The van der Waals surface area contributed by atoms with Crippen molar-refractivity contribution in [3.8, 4) is 28.3 Å². The van der Waals surface area contributed by atoms with Gasteiger partial charge in [-0.25, -0.2) is 0 Å². The molecule has 2 aromatic carbocycles. The molecule has 1 amide bonds. The Labute approximate surface area is 157 Å². The molecule has 1 unspecified atom stereocenters. The van der Waals surface area contributed by atoms with E-state index in [9.17, 15) is 4.79 Å². The summed E-state index contributed by atoms with van der Waals surface area (Å²) in [5, 5.41) is 10.5. The van der Waals surface area contributed by atoms with Crippen LogP contribution in [0.1, 0.15) is 6.42 Å². The molecular formula is C21H21N3O3. The number of nitrogens with one attached hydrogen (secondary N) is 2. The van der Waals surface area contributed by atoms with Crippen LogP contribution >= 0.6 is 0 Å². The predicted octanol–water partition coefficient (Wildman–Crippen LogP) is 3.73. The molecule has 0 bridgehead atoms. The molecule has 1 saturated heterocycles. The molecule has 0 aliphatic carbocycles. The minimum absolute atomic E-state index is 0.0156. The molecule has 1 atom stereocenters. The molecule has 3 aromatic rings. The van der Waals surface area contributed by atoms with E-state index in [1.807, 2.05) is 54.6 Å². The first-order valence-corrected chi connectivity index (χ1v) is 8.92. The third kappa shape index (κ3) is 3.71. The monoisotopic (exact) mass is 363 g/mol. The Bertz CT molecular complexity index is 931. The van der Waals surface area contributed by atoms with Crippen molar-refractivity contribution < 1.29 is 14.3 Å². The van der Waals surface area contributed by atoms with Gasteiger partial charge in [0.1, 0.15) is 5.75 Å². The zero-order chi connectivity index (χ0) is 18.6. The Morgan fingerprint density at radius 2 is 2.07 bits per heavy atom. The zero-order valence-corrected chi connectivity index (χ0v) is 15.1. The summed E-state index contributed by atoms with van der Waals surface area (Å²) in [6, 6.07) is 17.5. The van der Waals surface area contributed by atoms with Gasteiger partial charge < -0.3 is 14.8 Å². The Morgan fingerprint density at radius 3 is 2.81 bits per heavy atom. The van der Waals surface area contributed by atoms with Crippen molar-refractivity contribution in [3.05, 3.63) is 54.6 Å². The lowest BCUT2D eigenvalue weighted by Crippen LogP contribution is -2.22. The van der Waals surface area contributed by atoms with E-state index in [1.54, 1.807) is 7.11 Å². The third-order valence-electron chi connectivity index (χ3n) is 4.71. The number of carbonyl (C=O) groups is 1. The van der Waals surface area contributed by atoms with Crippen LogP contribution < -0.4 is 10.1 Å². The summed E-state index contributed by atoms with van der Waals surface area (Å²) in [5.74, 6) is 0.603. The number of aromatic nitrogens is 2. The van der Waals surface area contributed by atoms with Crippen LogP contribution in [0.5, 0.6) is 5.75 Å². The second-order valence-corrected chi connectivity index (χ2v) is 6.50. The van der Waals surface area contributed by atoms with Gasteiger partial charge in [-0.3, -0.25) is 9.89 Å². The first-order valence-electron chi connectivity index (χ1n) is 8.92. The average molecular weight is 363 g/mol. The van der Waals surface area contributed by atoms with Crippen LogP contribution in [0.25, 0.3) is 22.5 Å². The second kappa shape index (κ2) is 7.63. The van der Waals surface area contributed by atoms with Crippen molar-refractivity contribution in [2.24, 2.45) is 5.92 Å². The number of aromatic amines is 1. The van der Waals surface area contributed by atoms with Crippen molar-refractivity contribution >= 4 is 11.6 Å². The van der Waals surface area contributed by atoms with Gasteiger partial charge in [0.25, 0.3) is 0 Å². The molecule has 1 fully saturated rings. The molecule has 2 N–H and O–H groups in total. The number of H-pyrrole nitrogens is 1. The summed E-state index contributed by atoms with van der Waals surface area (Å²) >= 11 is 0. The van der Waals surface area contributed by atoms with Crippen molar-refractivity contribution in [3.63, 3.8) is 0 Å². The lowest BCUT2D eigenvalue weighted by molar-refractivity contribution is -0.119. The van der Waals surface area contributed by atoms with Gasteiger partial charge in [-0.1, -0.05) is 30.3 Å². The van der Waals surface area contributed by atoms with E-state index in [-0.39, 0.29) is 11.8 Å². The van der Waals surface area contributed by atoms with Crippen LogP contribution in [0.2, 0.25) is 0 Å². The van der Waals surface area contributed by atoms with Crippen molar-refractivity contribution in [2.75, 3.05) is 25.6 Å². The summed E-state index contributed by atoms with van der Waals surface area (Å²) in [6.45, 7) is 1.12. The molecule has 6 nitrogen and oxygen atoms in total. The number of benzene rings is 2. The molecule has 0 spiro atoms. The molecule has 2 heterocycles. The second-order valence-electron chi connectivity index (χ2n) is 6.50. The summed E-state index contributed by atoms with van der Waals surface area (Å²) in [5.41, 5.74) is 4.27. The van der Waals surface area contributed by atoms with E-state index in [1.165, 1.54) is 0 Å². The fraction of sp³-hybridized carbons (Fsp3) is 0.238. The van der Waals surface area contributed by atoms with Gasteiger partial charge in [-0.15, -0.1) is 0 Å². The highest BCUT2D eigenvalue weighted by Crippen LogP contribution is 2.33. The van der Waals surface area contributed by atoms with Crippen LogP contribution in [0.4, 0.5) is 5.69 Å². The van der Waals surface area contributed by atoms with Gasteiger partial charge in [-0.05, 0) is 30.7 Å². The Balaban J connectivity index is 1.61. The average Bonchev–Trinajstić information content (AvgIpc) is 3.41. The Hall–Kier alpha value is -3.12. The predicted molar refractivity (Wildman–Crippen MR) is 104 cm³/mol. The first kappa shape index (κ1) is 17.3. The summed E-state index contributed by atoms with van der Waals surface area (Å²) in [4.78, 5) is 12.4. The quantitative estimate of drug-likeness (QED) is 0.724. The molecule has 27 heavy (non-hydrogen) atoms. The lowest BCUT2D eigenvalue weighted by Gasteiger charge is -2.12. The van der Waals surface area contributed by atoms with Gasteiger partial charge in [-0.2, -0.15) is 5.10 Å². The highest BCUT2D eigenvalue weighted by Gasteiger charge is 2.23. The fourth-order valence-electron chi connectivity index (χ4n) is 3.20. The maximum Gasteiger partial charge on any atom is 0.229 e. The standard InChI is InChI=1S/C21H21N3O3/c1-26-20-8-7-16(22-21(25)15-9-10-27-13-15)11-17(20)19-12-18(23-24-19)14-5-3-2-4-6-14/h2-8,11-12,15H,9-10,13H2,1H3,(H,22,25)(H,23,24). The van der Waals surface area contributed by atoms with Crippen molar-refractivity contribution in [1.29, 1.82) is 0 Å². The number of carbonyl (C=O) groups excluding carboxylic acids is 1. The molecule has 0 radical (unpaired) electrons. The summed E-state index contributed by atoms with van der Waals surface area (Å²) in [6.07, 6.45) is 0.760. The molecule has 1 aliphatic heterocycles. The minimum Gasteiger partial charge on any atom is -0.496 e. The van der Waals surface area contributed by atoms with Gasteiger partial charge >= 0.3 is 0 Å². The van der Waals surface area contributed by atoms with Gasteiger partial charge in [0, 0.05) is 23.4 Å². The Morgan fingerprint density at radius 1 is 1.22 bits per heavy atom. The molecule has 138 valence electrons. The highest BCUT2D eigenvalue weighted by atomic mass is 16.5. The maximum atomic E-state index is 12.4. The van der Waals surface area contributed by atoms with E-state index in [0.29, 0.717) is 19.0 Å². The van der Waals surface area contributed by atoms with Gasteiger partial charge in [0.05, 0.1) is 31.0 Å². The van der Waals surface area contributed by atoms with E-state index >= 15 is 0 Å². The van der Waals surface area contributed by atoms with Crippen LogP contribution in [0, 0.1) is 5.92 Å². The molecule has 4 rings (SSSR count). The number of ether oxygens (including phenoxy) is 2. The van der Waals surface area contributed by atoms with Gasteiger partial charge in [0.15, 0.2) is 0 Å². The highest BCUT2D eigenvalue weighted by molar-refractivity contribution is 5.93. The smallest absolute Gasteiger partial charge is 0.229 e. The summed E-state index contributed by atoms with van der Waals surface area (Å²) in [7, 11) is 1.63. The van der Waals surface area contributed by atoms with Crippen molar-refractivity contribution in [1.82, 2.24) is 10.2 Å². The van der Waals surface area contributed by atoms with E-state index in [2.05, 4.69) is 15.5 Å². The minimum atomic E-state index is -0.0904. The Kier molecular flexibility index (Phi) is 4.89. The fourth-order valence-corrected chi connectivity index (χ4v) is 3.20. The van der Waals surface area contributed by atoms with E-state index in [4.69, 9.17) is 9.47 Å². The molecular weight excluding hydrogens is 342 g/mol. The van der Waals surface area contributed by atoms with Crippen LogP contribution in [-0.4, -0.2) is 36.4 Å². The largest absolute Gasteiger partial charge is 0.496 e. The number of nitrogens with zero attached hydrogens (tertiary/aromatic N) is 1. The number of hydrogen-bond acceptors (Lipinski definition) is 4. The normalized spacial score (nSPS) is 16.3. The molecule has 1 aliphatic rings. The van der Waals surface area contributed by atoms with Crippen LogP contribution in [-0.2, 0) is 9.53 Å². The molecule has 1 aromatic heterocycles. The maximum absolute atomic E-state index is 12.4. The first-order chi connectivity index (χ1) is 13.2. The third-order valence-corrected chi connectivity index (χ3v) is 4.71. The van der Waals surface area contributed by atoms with Crippen molar-refractivity contribution in [2.45, 2.75) is 6.42 Å². The number of anilines is 1. The van der Waals surface area contributed by atoms with Crippen LogP contribution in [0.15, 0.2) is 54.6 Å².